The minimum absolute atomic E-state index is 0.0223. The van der Waals surface area contributed by atoms with Gasteiger partial charge in [0.2, 0.25) is 0 Å². The van der Waals surface area contributed by atoms with Gasteiger partial charge < -0.3 is 9.84 Å². The molecule has 0 saturated heterocycles. The van der Waals surface area contributed by atoms with Crippen LogP contribution < -0.4 is 4.74 Å². The van der Waals surface area contributed by atoms with Crippen LogP contribution in [0.2, 0.25) is 0 Å². The van der Waals surface area contributed by atoms with Crippen LogP contribution in [-0.4, -0.2) is 39.3 Å². The van der Waals surface area contributed by atoms with E-state index in [1.165, 1.54) is 29.2 Å². The van der Waals surface area contributed by atoms with Gasteiger partial charge in [-0.1, -0.05) is 0 Å². The minimum atomic E-state index is -0.612. The average Bonchev–Trinajstić information content (AvgIpc) is 3.26. The van der Waals surface area contributed by atoms with Crippen LogP contribution in [0.5, 0.6) is 5.75 Å². The molecule has 0 aliphatic heterocycles. The number of benzene rings is 1. The van der Waals surface area contributed by atoms with Crippen molar-refractivity contribution in [3.63, 3.8) is 0 Å². The lowest BCUT2D eigenvalue weighted by Gasteiger charge is -2.12. The molecule has 2 aromatic heterocycles. The van der Waals surface area contributed by atoms with Crippen LogP contribution in [0.1, 0.15) is 34.1 Å². The van der Waals surface area contributed by atoms with Gasteiger partial charge in [-0.25, -0.2) is 9.97 Å². The molecule has 5 nitrogen and oxygen atoms in total. The second-order valence-electron chi connectivity index (χ2n) is 6.57. The second-order valence-corrected chi connectivity index (χ2v) is 8.67. The van der Waals surface area contributed by atoms with Crippen molar-refractivity contribution >= 4 is 39.1 Å². The Balaban J connectivity index is 1.36. The lowest BCUT2D eigenvalue weighted by atomic mass is 10.1. The van der Waals surface area contributed by atoms with Crippen molar-refractivity contribution in [2.24, 2.45) is 0 Å². The van der Waals surface area contributed by atoms with Crippen molar-refractivity contribution in [2.45, 2.75) is 37.3 Å². The molecule has 0 fully saturated rings. The number of thioether (sulfide) groups is 1. The number of carbonyl (C=O) groups is 1. The summed E-state index contributed by atoms with van der Waals surface area (Å²) in [5.41, 5.74) is 2.05. The van der Waals surface area contributed by atoms with Gasteiger partial charge in [-0.2, -0.15) is 0 Å². The van der Waals surface area contributed by atoms with Gasteiger partial charge in [0.05, 0.1) is 6.10 Å². The third kappa shape index (κ3) is 4.00. The normalized spacial score (nSPS) is 14.3. The monoisotopic (exact) mass is 400 g/mol. The van der Waals surface area contributed by atoms with E-state index in [4.69, 9.17) is 4.74 Å². The van der Waals surface area contributed by atoms with Gasteiger partial charge in [0, 0.05) is 21.6 Å². The van der Waals surface area contributed by atoms with E-state index in [1.54, 1.807) is 53.7 Å². The molecular weight excluding hydrogens is 380 g/mol. The Morgan fingerprint density at radius 1 is 1.30 bits per heavy atom. The molecule has 3 aromatic rings. The van der Waals surface area contributed by atoms with Gasteiger partial charge in [-0.3, -0.25) is 4.79 Å². The zero-order valence-electron chi connectivity index (χ0n) is 15.0. The number of aryl methyl sites for hydroxylation is 2. The molecule has 1 aromatic carbocycles. The molecule has 0 saturated carbocycles. The number of ketones is 1. The molecule has 0 unspecified atom stereocenters. The zero-order valence-corrected chi connectivity index (χ0v) is 16.6. The summed E-state index contributed by atoms with van der Waals surface area (Å²) >= 11 is 3.32. The van der Waals surface area contributed by atoms with Crippen molar-refractivity contribution in [1.29, 1.82) is 0 Å². The third-order valence-corrected chi connectivity index (χ3v) is 6.92. The first kappa shape index (κ1) is 18.4. The van der Waals surface area contributed by atoms with Crippen molar-refractivity contribution < 1.29 is 14.6 Å². The summed E-state index contributed by atoms with van der Waals surface area (Å²) in [6.45, 7) is 1.73. The summed E-state index contributed by atoms with van der Waals surface area (Å²) < 4.78 is 5.63. The molecular formula is C20H20N2O3S2. The molecule has 1 atom stereocenters. The lowest BCUT2D eigenvalue weighted by molar-refractivity contribution is 0.101. The summed E-state index contributed by atoms with van der Waals surface area (Å²) in [6.07, 6.45) is 4.43. The van der Waals surface area contributed by atoms with Crippen LogP contribution >= 0.6 is 23.1 Å². The van der Waals surface area contributed by atoms with E-state index in [0.717, 1.165) is 22.7 Å². The topological polar surface area (TPSA) is 72.3 Å². The molecule has 0 spiro atoms. The zero-order chi connectivity index (χ0) is 18.8. The molecule has 0 radical (unpaired) electrons. The summed E-state index contributed by atoms with van der Waals surface area (Å²) in [6, 6.07) is 6.96. The summed E-state index contributed by atoms with van der Waals surface area (Å²) in [7, 11) is 0. The Kier molecular flexibility index (Phi) is 5.43. The molecule has 0 bridgehead atoms. The van der Waals surface area contributed by atoms with Gasteiger partial charge in [0.1, 0.15) is 28.5 Å². The van der Waals surface area contributed by atoms with Crippen LogP contribution in [0.3, 0.4) is 0 Å². The molecule has 2 heterocycles. The fraction of sp³-hybridized carbons (Fsp3) is 0.350. The highest BCUT2D eigenvalue weighted by Gasteiger charge is 2.21. The van der Waals surface area contributed by atoms with E-state index < -0.39 is 6.10 Å². The predicted octanol–water partition coefficient (Wildman–Crippen LogP) is 3.91. The number of hydrogen-bond acceptors (Lipinski definition) is 7. The number of nitrogens with zero attached hydrogens (tertiary/aromatic N) is 2. The number of aliphatic hydroxyl groups excluding tert-OH is 1. The Morgan fingerprint density at radius 3 is 2.89 bits per heavy atom. The Bertz CT molecular complexity index is 969. The standard InChI is InChI=1S/C20H20N2O3S2/c1-12(23)13-5-7-15(8-6-13)25-9-14(24)10-26-19-18-16-3-2-4-17(16)27-20(18)22-11-21-19/h5-8,11,14,24H,2-4,9-10H2,1H3/t14-/m1/s1. The van der Waals surface area contributed by atoms with Crippen LogP contribution in [0.15, 0.2) is 35.6 Å². The lowest BCUT2D eigenvalue weighted by Crippen LogP contribution is -2.20. The molecule has 1 aliphatic rings. The maximum absolute atomic E-state index is 11.3. The van der Waals surface area contributed by atoms with Crippen LogP contribution in [0.4, 0.5) is 0 Å². The fourth-order valence-electron chi connectivity index (χ4n) is 3.21. The van der Waals surface area contributed by atoms with Gasteiger partial charge in [0.15, 0.2) is 5.78 Å². The predicted molar refractivity (Wildman–Crippen MR) is 108 cm³/mol. The smallest absolute Gasteiger partial charge is 0.159 e. The second kappa shape index (κ2) is 7.96. The summed E-state index contributed by atoms with van der Waals surface area (Å²) in [5, 5.41) is 12.4. The quantitative estimate of drug-likeness (QED) is 0.368. The molecule has 7 heteroatoms. The Labute approximate surface area is 165 Å². The highest BCUT2D eigenvalue weighted by Crippen LogP contribution is 2.40. The molecule has 0 amide bonds. The van der Waals surface area contributed by atoms with Crippen molar-refractivity contribution in [2.75, 3.05) is 12.4 Å². The average molecular weight is 401 g/mol. The van der Waals surface area contributed by atoms with E-state index in [0.29, 0.717) is 17.1 Å². The maximum Gasteiger partial charge on any atom is 0.159 e. The van der Waals surface area contributed by atoms with E-state index in [9.17, 15) is 9.90 Å². The number of Topliss-reactive ketones (excluding diaryl/α,β-unsaturated/α-hetero) is 1. The highest BCUT2D eigenvalue weighted by molar-refractivity contribution is 7.99. The molecule has 27 heavy (non-hydrogen) atoms. The molecule has 1 N–H and O–H groups in total. The first-order chi connectivity index (χ1) is 13.1. The van der Waals surface area contributed by atoms with Crippen LogP contribution in [-0.2, 0) is 12.8 Å². The Morgan fingerprint density at radius 2 is 2.11 bits per heavy atom. The van der Waals surface area contributed by atoms with Crippen molar-refractivity contribution in [3.8, 4) is 5.75 Å². The van der Waals surface area contributed by atoms with Gasteiger partial charge >= 0.3 is 0 Å². The number of fused-ring (bicyclic) bond motifs is 3. The van der Waals surface area contributed by atoms with Crippen molar-refractivity contribution in [1.82, 2.24) is 9.97 Å². The van der Waals surface area contributed by atoms with Crippen LogP contribution in [0.25, 0.3) is 10.2 Å². The number of aliphatic hydroxyl groups is 1. The SMILES string of the molecule is CC(=O)c1ccc(OC[C@@H](O)CSc2ncnc3sc4c(c23)CCC4)cc1. The number of ether oxygens (including phenoxy) is 1. The Hall–Kier alpha value is -1.96. The summed E-state index contributed by atoms with van der Waals surface area (Å²) in [5.74, 6) is 1.17. The highest BCUT2D eigenvalue weighted by atomic mass is 32.2. The molecule has 140 valence electrons. The van der Waals surface area contributed by atoms with E-state index in [1.807, 2.05) is 0 Å². The van der Waals surface area contributed by atoms with E-state index in [-0.39, 0.29) is 12.4 Å². The minimum Gasteiger partial charge on any atom is -0.491 e. The van der Waals surface area contributed by atoms with Crippen LogP contribution in [0, 0.1) is 0 Å². The largest absolute Gasteiger partial charge is 0.491 e. The third-order valence-electron chi connectivity index (χ3n) is 4.58. The van der Waals surface area contributed by atoms with Gasteiger partial charge in [-0.05, 0) is 56.0 Å². The molecule has 1 aliphatic carbocycles. The number of carbonyl (C=O) groups excluding carboxylic acids is 1. The molecule has 4 rings (SSSR count). The number of thiophene rings is 1. The van der Waals surface area contributed by atoms with Crippen molar-refractivity contribution in [3.05, 3.63) is 46.6 Å². The van der Waals surface area contributed by atoms with Gasteiger partial charge in [0.25, 0.3) is 0 Å². The first-order valence-corrected chi connectivity index (χ1v) is 10.7. The number of aromatic nitrogens is 2. The summed E-state index contributed by atoms with van der Waals surface area (Å²) in [4.78, 5) is 22.6. The fourth-order valence-corrected chi connectivity index (χ4v) is 5.44. The van der Waals surface area contributed by atoms with E-state index >= 15 is 0 Å². The van der Waals surface area contributed by atoms with Gasteiger partial charge in [-0.15, -0.1) is 23.1 Å². The van der Waals surface area contributed by atoms with E-state index in [2.05, 4.69) is 9.97 Å². The maximum atomic E-state index is 11.3. The first-order valence-electron chi connectivity index (χ1n) is 8.91. The number of rotatable bonds is 7. The number of hydrogen-bond donors (Lipinski definition) is 1.